The van der Waals surface area contributed by atoms with Crippen LogP contribution in [0.2, 0.25) is 5.02 Å². The van der Waals surface area contributed by atoms with Gasteiger partial charge in [-0.25, -0.2) is 9.78 Å². The number of carbonyl (C=O) groups is 1. The molecular formula is C24H19ClN2O3. The average molecular weight is 419 g/mol. The highest BCUT2D eigenvalue weighted by molar-refractivity contribution is 6.31. The Morgan fingerprint density at radius 1 is 1.03 bits per heavy atom. The third kappa shape index (κ3) is 3.71. The molecule has 0 saturated carbocycles. The van der Waals surface area contributed by atoms with Gasteiger partial charge in [0.25, 0.3) is 5.91 Å². The van der Waals surface area contributed by atoms with Crippen molar-refractivity contribution in [2.24, 2.45) is 0 Å². The van der Waals surface area contributed by atoms with Crippen LogP contribution in [0.15, 0.2) is 72.4 Å². The van der Waals surface area contributed by atoms with E-state index in [0.717, 1.165) is 16.5 Å². The van der Waals surface area contributed by atoms with E-state index in [4.69, 9.17) is 21.4 Å². The molecule has 6 heteroatoms. The number of benzene rings is 3. The summed E-state index contributed by atoms with van der Waals surface area (Å²) in [6.07, 6.45) is 3.88. The fraction of sp³-hybridized carbons (Fsp3) is 0.125. The molecule has 1 aliphatic heterocycles. The van der Waals surface area contributed by atoms with Gasteiger partial charge in [0.05, 0.1) is 0 Å². The summed E-state index contributed by atoms with van der Waals surface area (Å²) in [4.78, 5) is 22.2. The number of nitrogens with zero attached hydrogens (tertiary/aromatic N) is 1. The second-order valence-electron chi connectivity index (χ2n) is 7.26. The summed E-state index contributed by atoms with van der Waals surface area (Å²) in [5.74, 6) is -0.204. The first-order valence-corrected chi connectivity index (χ1v) is 10.0. The maximum absolute atomic E-state index is 12.3. The minimum atomic E-state index is -0.204. The lowest BCUT2D eigenvalue weighted by Crippen LogP contribution is -2.24. The first-order valence-electron chi connectivity index (χ1n) is 9.67. The lowest BCUT2D eigenvalue weighted by atomic mass is 10.1. The molecule has 1 aromatic heterocycles. The number of fused-ring (bicyclic) bond motifs is 2. The summed E-state index contributed by atoms with van der Waals surface area (Å²) in [5, 5.41) is 6.71. The zero-order valence-electron chi connectivity index (χ0n) is 16.1. The Morgan fingerprint density at radius 2 is 1.90 bits per heavy atom. The van der Waals surface area contributed by atoms with Crippen molar-refractivity contribution >= 4 is 45.3 Å². The average Bonchev–Trinajstić information content (AvgIpc) is 2.93. The Hall–Kier alpha value is -3.12. The summed E-state index contributed by atoms with van der Waals surface area (Å²) in [5.41, 5.74) is 3.65. The molecule has 2 heterocycles. The van der Waals surface area contributed by atoms with E-state index in [2.05, 4.69) is 40.2 Å². The second-order valence-corrected chi connectivity index (χ2v) is 7.69. The van der Waals surface area contributed by atoms with E-state index in [1.165, 1.54) is 16.3 Å². The minimum absolute atomic E-state index is 0.0335. The van der Waals surface area contributed by atoms with Gasteiger partial charge in [-0.3, -0.25) is 4.79 Å². The third-order valence-corrected chi connectivity index (χ3v) is 5.49. The smallest absolute Gasteiger partial charge is 0.251 e. The number of aromatic nitrogens is 1. The zero-order chi connectivity index (χ0) is 20.5. The molecule has 5 rings (SSSR count). The quantitative estimate of drug-likeness (QED) is 0.379. The van der Waals surface area contributed by atoms with Crippen LogP contribution >= 0.6 is 11.6 Å². The molecule has 4 aromatic rings. The van der Waals surface area contributed by atoms with Gasteiger partial charge in [-0.2, -0.15) is 0 Å². The predicted octanol–water partition coefficient (Wildman–Crippen LogP) is 4.92. The lowest BCUT2D eigenvalue weighted by Gasteiger charge is -2.07. The third-order valence-electron chi connectivity index (χ3n) is 5.25. The summed E-state index contributed by atoms with van der Waals surface area (Å²) in [6, 6.07) is 20.6. The molecule has 0 aliphatic carbocycles. The largest absolute Gasteiger partial charge is 0.342 e. The van der Waals surface area contributed by atoms with Gasteiger partial charge in [0, 0.05) is 39.8 Å². The highest BCUT2D eigenvalue weighted by atomic mass is 35.5. The van der Waals surface area contributed by atoms with E-state index < -0.39 is 0 Å². The van der Waals surface area contributed by atoms with Gasteiger partial charge < -0.3 is 9.88 Å². The van der Waals surface area contributed by atoms with Gasteiger partial charge in [0.1, 0.15) is 6.61 Å². The van der Waals surface area contributed by atoms with Crippen LogP contribution in [0.3, 0.4) is 0 Å². The molecule has 0 spiro atoms. The summed E-state index contributed by atoms with van der Waals surface area (Å²) >= 11 is 6.27. The van der Waals surface area contributed by atoms with E-state index in [9.17, 15) is 4.79 Å². The zero-order valence-corrected chi connectivity index (χ0v) is 16.9. The number of hydrogen-bond acceptors (Lipinski definition) is 3. The Bertz CT molecular complexity index is 1290. The van der Waals surface area contributed by atoms with Gasteiger partial charge >= 0.3 is 0 Å². The van der Waals surface area contributed by atoms with Crippen LogP contribution in [0.25, 0.3) is 27.8 Å². The van der Waals surface area contributed by atoms with Gasteiger partial charge in [-0.05, 0) is 46.7 Å². The van der Waals surface area contributed by atoms with Crippen molar-refractivity contribution in [2.75, 3.05) is 13.3 Å². The number of halogens is 1. The van der Waals surface area contributed by atoms with Crippen molar-refractivity contribution in [3.05, 3.63) is 88.6 Å². The molecule has 1 aliphatic rings. The Kier molecular flexibility index (Phi) is 5.01. The van der Waals surface area contributed by atoms with Crippen molar-refractivity contribution in [3.63, 3.8) is 0 Å². The van der Waals surface area contributed by atoms with Gasteiger partial charge in [-0.15, -0.1) is 0 Å². The molecule has 1 fully saturated rings. The molecule has 0 bridgehead atoms. The summed E-state index contributed by atoms with van der Waals surface area (Å²) < 4.78 is 2.17. The van der Waals surface area contributed by atoms with Gasteiger partial charge in [-0.1, -0.05) is 48.0 Å². The Labute approximate surface area is 178 Å². The number of rotatable bonds is 3. The Morgan fingerprint density at radius 3 is 2.80 bits per heavy atom. The lowest BCUT2D eigenvalue weighted by molar-refractivity contribution is -0.286. The normalized spacial score (nSPS) is 16.2. The van der Waals surface area contributed by atoms with Gasteiger partial charge in [0.15, 0.2) is 6.73 Å². The van der Waals surface area contributed by atoms with Crippen LogP contribution in [0, 0.1) is 0 Å². The van der Waals surface area contributed by atoms with Crippen LogP contribution in [-0.4, -0.2) is 23.8 Å². The minimum Gasteiger partial charge on any atom is -0.342 e. The van der Waals surface area contributed by atoms with E-state index in [0.29, 0.717) is 17.1 Å². The summed E-state index contributed by atoms with van der Waals surface area (Å²) in [7, 11) is 0. The molecule has 1 N–H and O–H groups in total. The van der Waals surface area contributed by atoms with Gasteiger partial charge in [0.2, 0.25) is 0 Å². The van der Waals surface area contributed by atoms with Crippen LogP contribution < -0.4 is 5.32 Å². The number of amides is 1. The van der Waals surface area contributed by atoms with Crippen molar-refractivity contribution in [3.8, 4) is 0 Å². The van der Waals surface area contributed by atoms with Crippen molar-refractivity contribution in [2.45, 2.75) is 6.54 Å². The SMILES string of the molecule is O=C1NCOOC/C1=C/c1cn(Cc2ccc3ccccc3c2)c2ccc(Cl)cc12. The van der Waals surface area contributed by atoms with E-state index in [-0.39, 0.29) is 19.2 Å². The highest BCUT2D eigenvalue weighted by Gasteiger charge is 2.16. The molecule has 150 valence electrons. The fourth-order valence-corrected chi connectivity index (χ4v) is 3.96. The van der Waals surface area contributed by atoms with Crippen molar-refractivity contribution in [1.82, 2.24) is 9.88 Å². The molecule has 0 atom stereocenters. The molecule has 1 amide bonds. The number of carbonyl (C=O) groups excluding carboxylic acids is 1. The monoisotopic (exact) mass is 418 g/mol. The Balaban J connectivity index is 1.57. The van der Waals surface area contributed by atoms with E-state index >= 15 is 0 Å². The fourth-order valence-electron chi connectivity index (χ4n) is 3.79. The van der Waals surface area contributed by atoms with Crippen molar-refractivity contribution in [1.29, 1.82) is 0 Å². The molecule has 30 heavy (non-hydrogen) atoms. The molecular weight excluding hydrogens is 400 g/mol. The van der Waals surface area contributed by atoms with Crippen LogP contribution in [0.4, 0.5) is 0 Å². The molecule has 0 radical (unpaired) electrons. The van der Waals surface area contributed by atoms with Crippen molar-refractivity contribution < 1.29 is 14.6 Å². The number of hydrogen-bond donors (Lipinski definition) is 1. The molecule has 0 unspecified atom stereocenters. The highest BCUT2D eigenvalue weighted by Crippen LogP contribution is 2.28. The van der Waals surface area contributed by atoms with E-state index in [1.54, 1.807) is 0 Å². The molecule has 5 nitrogen and oxygen atoms in total. The topological polar surface area (TPSA) is 52.5 Å². The number of nitrogens with one attached hydrogen (secondary N) is 1. The van der Waals surface area contributed by atoms with Crippen LogP contribution in [0.1, 0.15) is 11.1 Å². The standard InChI is InChI=1S/C24H19ClN2O3/c25-21-7-8-23-22(11-21)19(10-20-14-29-30-15-26-24(20)28)13-27(23)12-16-5-6-17-3-1-2-4-18(17)9-16/h1-11,13H,12,14-15H2,(H,26,28)/b20-10-. The maximum atomic E-state index is 12.3. The first-order chi connectivity index (χ1) is 14.7. The van der Waals surface area contributed by atoms with E-state index in [1.807, 2.05) is 42.6 Å². The van der Waals surface area contributed by atoms with Crippen LogP contribution in [0.5, 0.6) is 0 Å². The van der Waals surface area contributed by atoms with Crippen LogP contribution in [-0.2, 0) is 21.1 Å². The second kappa shape index (κ2) is 7.95. The summed E-state index contributed by atoms with van der Waals surface area (Å²) in [6.45, 7) is 0.827. The molecule has 1 saturated heterocycles. The predicted molar refractivity (Wildman–Crippen MR) is 118 cm³/mol. The first kappa shape index (κ1) is 18.9. The maximum Gasteiger partial charge on any atom is 0.251 e. The molecule has 3 aromatic carbocycles.